The van der Waals surface area contributed by atoms with E-state index in [-0.39, 0.29) is 13.0 Å². The number of likely N-dealkylation sites (tertiary alicyclic amines) is 1. The number of aliphatic hydroxyl groups is 3. The third-order valence-corrected chi connectivity index (χ3v) is 10.7. The van der Waals surface area contributed by atoms with Gasteiger partial charge in [0.05, 0.1) is 29.3 Å². The van der Waals surface area contributed by atoms with Gasteiger partial charge in [0.2, 0.25) is 0 Å². The Labute approximate surface area is 243 Å². The third-order valence-electron chi connectivity index (χ3n) is 10.7. The van der Waals surface area contributed by atoms with Gasteiger partial charge in [-0.1, -0.05) is 55.8 Å². The van der Waals surface area contributed by atoms with E-state index in [1.54, 1.807) is 32.9 Å². The second kappa shape index (κ2) is 9.85. The van der Waals surface area contributed by atoms with Crippen molar-refractivity contribution in [3.05, 3.63) is 60.2 Å². The maximum Gasteiger partial charge on any atom is 0.320 e. The summed E-state index contributed by atoms with van der Waals surface area (Å²) in [5.41, 5.74) is -6.07. The van der Waals surface area contributed by atoms with Crippen LogP contribution in [0.5, 0.6) is 0 Å². The molecule has 2 aliphatic heterocycles. The normalized spacial score (nSPS) is 40.1. The summed E-state index contributed by atoms with van der Waals surface area (Å²) in [6.07, 6.45) is 3.20. The second-order valence-corrected chi connectivity index (χ2v) is 13.8. The van der Waals surface area contributed by atoms with Gasteiger partial charge in [0, 0.05) is 19.5 Å². The standard InChI is InChI=1S/C33H45NO7/c1-7-29(4)20-25(36)33(39)30(5)23(28(2,3)14-13-24(30)35)19-26(31(33,6)41-29)40-27(37)21-34-17-15-32(38,16-18-34)22-11-9-8-10-12-22/h7-12,19,24,26,35,38-39H,1,13-18,20-21H2,2-6H3/t24-,26-,29-,30+,31+,33-/m0/s1. The molecule has 2 heterocycles. The molecule has 1 aromatic carbocycles. The molecule has 2 saturated heterocycles. The lowest BCUT2D eigenvalue weighted by Gasteiger charge is -2.66. The lowest BCUT2D eigenvalue weighted by Crippen LogP contribution is -2.81. The number of ketones is 1. The minimum absolute atomic E-state index is 0.00495. The number of piperidine rings is 1. The summed E-state index contributed by atoms with van der Waals surface area (Å²) >= 11 is 0. The highest BCUT2D eigenvalue weighted by Gasteiger charge is 2.76. The van der Waals surface area contributed by atoms with Gasteiger partial charge in [-0.05, 0) is 63.5 Å². The molecule has 2 aliphatic carbocycles. The van der Waals surface area contributed by atoms with Gasteiger partial charge in [0.15, 0.2) is 17.5 Å². The molecule has 0 aromatic heterocycles. The van der Waals surface area contributed by atoms with Crippen LogP contribution in [0.15, 0.2) is 54.6 Å². The highest BCUT2D eigenvalue weighted by Crippen LogP contribution is 2.64. The number of esters is 1. The third kappa shape index (κ3) is 4.45. The number of ether oxygens (including phenoxy) is 2. The van der Waals surface area contributed by atoms with E-state index < -0.39 is 57.2 Å². The van der Waals surface area contributed by atoms with E-state index in [2.05, 4.69) is 6.58 Å². The van der Waals surface area contributed by atoms with Gasteiger partial charge in [0.25, 0.3) is 0 Å². The summed E-state index contributed by atoms with van der Waals surface area (Å²) in [6, 6.07) is 9.57. The number of hydrogen-bond donors (Lipinski definition) is 3. The van der Waals surface area contributed by atoms with Crippen molar-refractivity contribution in [1.29, 1.82) is 0 Å². The second-order valence-electron chi connectivity index (χ2n) is 13.8. The van der Waals surface area contributed by atoms with Gasteiger partial charge >= 0.3 is 5.97 Å². The smallest absolute Gasteiger partial charge is 0.320 e. The molecular weight excluding hydrogens is 522 g/mol. The highest BCUT2D eigenvalue weighted by molar-refractivity contribution is 5.93. The van der Waals surface area contributed by atoms with Crippen LogP contribution in [0.3, 0.4) is 0 Å². The fraction of sp³-hybridized carbons (Fsp3) is 0.636. The molecule has 0 amide bonds. The van der Waals surface area contributed by atoms with E-state index in [0.717, 1.165) is 5.56 Å². The van der Waals surface area contributed by atoms with E-state index in [0.29, 0.717) is 44.3 Å². The molecule has 1 aromatic rings. The lowest BCUT2D eigenvalue weighted by atomic mass is 9.44. The Kier molecular flexibility index (Phi) is 7.23. The summed E-state index contributed by atoms with van der Waals surface area (Å²) in [5.74, 6) is -0.976. The van der Waals surface area contributed by atoms with Crippen molar-refractivity contribution in [1.82, 2.24) is 4.90 Å². The van der Waals surface area contributed by atoms with Crippen molar-refractivity contribution in [3.63, 3.8) is 0 Å². The lowest BCUT2D eigenvalue weighted by molar-refractivity contribution is -0.305. The summed E-state index contributed by atoms with van der Waals surface area (Å²) in [4.78, 5) is 29.4. The van der Waals surface area contributed by atoms with Crippen molar-refractivity contribution < 1.29 is 34.4 Å². The summed E-state index contributed by atoms with van der Waals surface area (Å²) in [5, 5.41) is 35.1. The zero-order valence-corrected chi connectivity index (χ0v) is 25.0. The highest BCUT2D eigenvalue weighted by atomic mass is 16.6. The number of nitrogens with zero attached hydrogens (tertiary/aromatic N) is 1. The summed E-state index contributed by atoms with van der Waals surface area (Å²) in [7, 11) is 0. The molecule has 0 radical (unpaired) electrons. The molecule has 6 atom stereocenters. The maximum atomic E-state index is 14.0. The van der Waals surface area contributed by atoms with Gasteiger partial charge in [-0.15, -0.1) is 6.58 Å². The number of aliphatic hydroxyl groups excluding tert-OH is 1. The zero-order valence-electron chi connectivity index (χ0n) is 25.0. The van der Waals surface area contributed by atoms with Crippen molar-refractivity contribution in [2.45, 2.75) is 101 Å². The molecule has 5 rings (SSSR count). The van der Waals surface area contributed by atoms with Crippen molar-refractivity contribution in [3.8, 4) is 0 Å². The van der Waals surface area contributed by atoms with Crippen molar-refractivity contribution in [2.24, 2.45) is 10.8 Å². The van der Waals surface area contributed by atoms with Gasteiger partial charge < -0.3 is 24.8 Å². The molecule has 0 spiro atoms. The minimum Gasteiger partial charge on any atom is -0.454 e. The predicted octanol–water partition coefficient (Wildman–Crippen LogP) is 3.43. The van der Waals surface area contributed by atoms with Crippen LogP contribution in [-0.2, 0) is 24.7 Å². The summed E-state index contributed by atoms with van der Waals surface area (Å²) in [6.45, 7) is 14.0. The number of Topliss-reactive ketones (excluding diaryl/α,β-unsaturated/α-hetero) is 1. The van der Waals surface area contributed by atoms with Crippen LogP contribution in [0, 0.1) is 10.8 Å². The first-order valence-corrected chi connectivity index (χ1v) is 14.7. The minimum atomic E-state index is -2.15. The van der Waals surface area contributed by atoms with E-state index >= 15 is 0 Å². The Morgan fingerprint density at radius 3 is 2.34 bits per heavy atom. The van der Waals surface area contributed by atoms with E-state index in [9.17, 15) is 24.9 Å². The Morgan fingerprint density at radius 1 is 1.10 bits per heavy atom. The van der Waals surface area contributed by atoms with Crippen LogP contribution in [0.1, 0.15) is 72.3 Å². The summed E-state index contributed by atoms with van der Waals surface area (Å²) < 4.78 is 12.6. The van der Waals surface area contributed by atoms with Crippen LogP contribution in [0.25, 0.3) is 0 Å². The Morgan fingerprint density at radius 2 is 1.73 bits per heavy atom. The van der Waals surface area contributed by atoms with Crippen LogP contribution in [0.2, 0.25) is 0 Å². The van der Waals surface area contributed by atoms with Crippen molar-refractivity contribution >= 4 is 11.8 Å². The molecule has 0 bridgehead atoms. The van der Waals surface area contributed by atoms with E-state index in [4.69, 9.17) is 9.47 Å². The molecule has 3 N–H and O–H groups in total. The van der Waals surface area contributed by atoms with Crippen LogP contribution < -0.4 is 0 Å². The number of carbonyl (C=O) groups excluding carboxylic acids is 2. The number of benzene rings is 1. The SMILES string of the molecule is C=C[C@@]1(C)CC(=O)[C@@]2(O)[C@](C)(O1)[C@@H](OC(=O)CN1CCC(O)(c3ccccc3)CC1)C=C1C(C)(C)CC[C@H](O)[C@@]12C. The molecule has 0 unspecified atom stereocenters. The number of rotatable bonds is 5. The van der Waals surface area contributed by atoms with E-state index in [1.165, 1.54) is 0 Å². The maximum absolute atomic E-state index is 14.0. The van der Waals surface area contributed by atoms with Crippen molar-refractivity contribution in [2.75, 3.05) is 19.6 Å². The molecule has 1 saturated carbocycles. The van der Waals surface area contributed by atoms with Gasteiger partial charge in [-0.2, -0.15) is 0 Å². The first-order chi connectivity index (χ1) is 19.0. The average Bonchev–Trinajstić information content (AvgIpc) is 2.92. The number of fused-ring (bicyclic) bond motifs is 3. The molecule has 8 heteroatoms. The molecular formula is C33H45NO7. The number of hydrogen-bond acceptors (Lipinski definition) is 8. The molecule has 4 aliphatic rings. The molecule has 3 fully saturated rings. The zero-order chi connectivity index (χ0) is 30.1. The van der Waals surface area contributed by atoms with Crippen LogP contribution in [-0.4, -0.2) is 80.6 Å². The largest absolute Gasteiger partial charge is 0.454 e. The fourth-order valence-corrected chi connectivity index (χ4v) is 8.08. The predicted molar refractivity (Wildman–Crippen MR) is 154 cm³/mol. The quantitative estimate of drug-likeness (QED) is 0.366. The van der Waals surface area contributed by atoms with Crippen LogP contribution in [0.4, 0.5) is 0 Å². The molecule has 8 nitrogen and oxygen atoms in total. The Bertz CT molecular complexity index is 1250. The van der Waals surface area contributed by atoms with E-state index in [1.807, 2.05) is 49.1 Å². The average molecular weight is 568 g/mol. The number of carbonyl (C=O) groups is 2. The van der Waals surface area contributed by atoms with Gasteiger partial charge in [-0.3, -0.25) is 14.5 Å². The van der Waals surface area contributed by atoms with Crippen LogP contribution >= 0.6 is 0 Å². The fourth-order valence-electron chi connectivity index (χ4n) is 8.08. The Hall–Kier alpha value is -2.36. The molecule has 41 heavy (non-hydrogen) atoms. The Balaban J connectivity index is 1.43. The molecule has 224 valence electrons. The first-order valence-electron chi connectivity index (χ1n) is 14.7. The van der Waals surface area contributed by atoms with Gasteiger partial charge in [-0.25, -0.2) is 0 Å². The first kappa shape index (κ1) is 30.1. The topological polar surface area (TPSA) is 117 Å². The van der Waals surface area contributed by atoms with Gasteiger partial charge in [0.1, 0.15) is 5.60 Å². The monoisotopic (exact) mass is 567 g/mol.